The van der Waals surface area contributed by atoms with Gasteiger partial charge >= 0.3 is 11.7 Å². The van der Waals surface area contributed by atoms with Gasteiger partial charge in [-0.1, -0.05) is 11.6 Å². The van der Waals surface area contributed by atoms with Crippen molar-refractivity contribution in [2.24, 2.45) is 14.1 Å². The zero-order valence-electron chi connectivity index (χ0n) is 13.3. The summed E-state index contributed by atoms with van der Waals surface area (Å²) in [5, 5.41) is 12.1. The largest absolute Gasteiger partial charge is 0.507 e. The molecular weight excluding hydrogens is 354 g/mol. The Kier molecular flexibility index (Phi) is 5.28. The van der Waals surface area contributed by atoms with Crippen molar-refractivity contribution in [1.82, 2.24) is 9.13 Å². The molecule has 0 radical (unpaired) electrons. The number of benzene rings is 1. The molecule has 0 aliphatic carbocycles. The van der Waals surface area contributed by atoms with E-state index < -0.39 is 29.7 Å². The third kappa shape index (κ3) is 4.07. The van der Waals surface area contributed by atoms with Crippen LogP contribution in [0.2, 0.25) is 5.02 Å². The summed E-state index contributed by atoms with van der Waals surface area (Å²) in [6.07, 6.45) is 0. The minimum atomic E-state index is -0.951. The lowest BCUT2D eigenvalue weighted by Crippen LogP contribution is -2.38. The Labute approximate surface area is 146 Å². The summed E-state index contributed by atoms with van der Waals surface area (Å²) in [6, 6.07) is 4.86. The van der Waals surface area contributed by atoms with Crippen molar-refractivity contribution in [3.63, 3.8) is 0 Å². The summed E-state index contributed by atoms with van der Waals surface area (Å²) in [6.45, 7) is -0.686. The van der Waals surface area contributed by atoms with E-state index in [0.29, 0.717) is 0 Å². The number of esters is 1. The first-order chi connectivity index (χ1) is 11.7. The highest BCUT2D eigenvalue weighted by atomic mass is 35.5. The number of amides is 1. The van der Waals surface area contributed by atoms with E-state index in [1.54, 1.807) is 0 Å². The van der Waals surface area contributed by atoms with E-state index >= 15 is 0 Å². The number of nitrogens with one attached hydrogen (secondary N) is 1. The molecule has 0 atom stereocenters. The third-order valence-electron chi connectivity index (χ3n) is 3.31. The molecule has 2 aromatic rings. The highest BCUT2D eigenvalue weighted by molar-refractivity contribution is 6.31. The predicted molar refractivity (Wildman–Crippen MR) is 89.0 cm³/mol. The van der Waals surface area contributed by atoms with Gasteiger partial charge in [-0.25, -0.2) is 9.59 Å². The van der Waals surface area contributed by atoms with Crippen molar-refractivity contribution in [1.29, 1.82) is 0 Å². The highest BCUT2D eigenvalue weighted by Gasteiger charge is 2.16. The van der Waals surface area contributed by atoms with Gasteiger partial charge in [0, 0.05) is 25.2 Å². The van der Waals surface area contributed by atoms with Crippen molar-refractivity contribution in [3.05, 3.63) is 55.7 Å². The van der Waals surface area contributed by atoms with Crippen LogP contribution < -0.4 is 16.6 Å². The zero-order valence-corrected chi connectivity index (χ0v) is 14.0. The lowest BCUT2D eigenvalue weighted by molar-refractivity contribution is -0.119. The van der Waals surface area contributed by atoms with Crippen LogP contribution in [-0.4, -0.2) is 32.7 Å². The monoisotopic (exact) mass is 367 g/mol. The number of hydrogen-bond donors (Lipinski definition) is 2. The predicted octanol–water partition coefficient (Wildman–Crippen LogP) is 0.238. The number of phenols is 1. The summed E-state index contributed by atoms with van der Waals surface area (Å²) in [7, 11) is 2.67. The summed E-state index contributed by atoms with van der Waals surface area (Å²) in [5.74, 6) is -2.10. The van der Waals surface area contributed by atoms with E-state index in [9.17, 15) is 24.3 Å². The minimum Gasteiger partial charge on any atom is -0.507 e. The third-order valence-corrected chi connectivity index (χ3v) is 3.54. The Balaban J connectivity index is 2.07. The number of anilines is 1. The number of halogens is 1. The number of nitrogens with zero attached hydrogens (tertiary/aromatic N) is 2. The first kappa shape index (κ1) is 18.3. The second kappa shape index (κ2) is 7.22. The van der Waals surface area contributed by atoms with Crippen LogP contribution in [0.1, 0.15) is 10.4 Å². The van der Waals surface area contributed by atoms with E-state index in [2.05, 4.69) is 5.32 Å². The first-order valence-corrected chi connectivity index (χ1v) is 7.31. The maximum atomic E-state index is 11.9. The number of carbonyl (C=O) groups excluding carboxylic acids is 2. The molecule has 1 aromatic carbocycles. The first-order valence-electron chi connectivity index (χ1n) is 6.93. The average molecular weight is 368 g/mol. The Morgan fingerprint density at radius 2 is 1.88 bits per heavy atom. The van der Waals surface area contributed by atoms with Crippen molar-refractivity contribution in [3.8, 4) is 5.75 Å². The van der Waals surface area contributed by atoms with Crippen molar-refractivity contribution < 1.29 is 19.4 Å². The van der Waals surface area contributed by atoms with Crippen LogP contribution in [0.5, 0.6) is 5.75 Å². The smallest absolute Gasteiger partial charge is 0.342 e. The lowest BCUT2D eigenvalue weighted by atomic mass is 10.2. The Morgan fingerprint density at radius 3 is 2.56 bits per heavy atom. The van der Waals surface area contributed by atoms with E-state index in [4.69, 9.17) is 16.3 Å². The molecular formula is C15H14ClN3O6. The molecule has 10 heteroatoms. The molecule has 132 valence electrons. The standard InChI is InChI=1S/C15H14ClN3O6/c1-18-11(6-13(22)19(2)15(18)24)17-12(21)7-25-14(23)9-5-8(16)3-4-10(9)20/h3-6,20H,7H2,1-2H3,(H,17,21). The van der Waals surface area contributed by atoms with Gasteiger partial charge < -0.3 is 15.2 Å². The molecule has 0 saturated carbocycles. The zero-order chi connectivity index (χ0) is 18.7. The van der Waals surface area contributed by atoms with Crippen LogP contribution >= 0.6 is 11.6 Å². The van der Waals surface area contributed by atoms with Gasteiger partial charge in [0.2, 0.25) is 0 Å². The fourth-order valence-electron chi connectivity index (χ4n) is 1.91. The lowest BCUT2D eigenvalue weighted by Gasteiger charge is -2.11. The van der Waals surface area contributed by atoms with Gasteiger partial charge in [0.25, 0.3) is 11.5 Å². The van der Waals surface area contributed by atoms with Gasteiger partial charge in [-0.3, -0.25) is 18.7 Å². The van der Waals surface area contributed by atoms with Crippen molar-refractivity contribution in [2.45, 2.75) is 0 Å². The SMILES string of the molecule is Cn1c(NC(=O)COC(=O)c2cc(Cl)ccc2O)cc(=O)n(C)c1=O. The van der Waals surface area contributed by atoms with Crippen LogP contribution in [0.15, 0.2) is 33.9 Å². The summed E-state index contributed by atoms with van der Waals surface area (Å²) < 4.78 is 6.71. The molecule has 25 heavy (non-hydrogen) atoms. The number of hydrogen-bond acceptors (Lipinski definition) is 6. The topological polar surface area (TPSA) is 120 Å². The fraction of sp³-hybridized carbons (Fsp3) is 0.200. The molecule has 0 aliphatic rings. The highest BCUT2D eigenvalue weighted by Crippen LogP contribution is 2.22. The van der Waals surface area contributed by atoms with Gasteiger partial charge in [0.05, 0.1) is 0 Å². The summed E-state index contributed by atoms with van der Waals surface area (Å²) in [4.78, 5) is 47.1. The number of ether oxygens (including phenoxy) is 1. The van der Waals surface area contributed by atoms with Crippen LogP contribution in [0.25, 0.3) is 0 Å². The molecule has 0 bridgehead atoms. The van der Waals surface area contributed by atoms with Crippen LogP contribution in [-0.2, 0) is 23.6 Å². The number of rotatable bonds is 4. The van der Waals surface area contributed by atoms with Gasteiger partial charge in [0.15, 0.2) is 6.61 Å². The Morgan fingerprint density at radius 1 is 1.20 bits per heavy atom. The average Bonchev–Trinajstić information content (AvgIpc) is 2.57. The van der Waals surface area contributed by atoms with Gasteiger partial charge in [-0.15, -0.1) is 0 Å². The quantitative estimate of drug-likeness (QED) is 0.747. The molecule has 0 saturated heterocycles. The maximum Gasteiger partial charge on any atom is 0.342 e. The van der Waals surface area contributed by atoms with Gasteiger partial charge in [-0.2, -0.15) is 0 Å². The van der Waals surface area contributed by atoms with Gasteiger partial charge in [0.1, 0.15) is 17.1 Å². The van der Waals surface area contributed by atoms with Gasteiger partial charge in [-0.05, 0) is 18.2 Å². The molecule has 0 unspecified atom stereocenters. The normalized spacial score (nSPS) is 10.4. The van der Waals surface area contributed by atoms with Crippen LogP contribution in [0.4, 0.5) is 5.82 Å². The number of aromatic nitrogens is 2. The second-order valence-corrected chi connectivity index (χ2v) is 5.49. The fourth-order valence-corrected chi connectivity index (χ4v) is 2.08. The molecule has 1 aromatic heterocycles. The molecule has 0 spiro atoms. The molecule has 1 amide bonds. The summed E-state index contributed by atoms with van der Waals surface area (Å²) in [5.41, 5.74) is -1.41. The van der Waals surface area contributed by atoms with E-state index in [-0.39, 0.29) is 22.2 Å². The van der Waals surface area contributed by atoms with Crippen molar-refractivity contribution >= 4 is 29.3 Å². The van der Waals surface area contributed by atoms with E-state index in [0.717, 1.165) is 15.2 Å². The summed E-state index contributed by atoms with van der Waals surface area (Å²) >= 11 is 5.73. The molecule has 9 nitrogen and oxygen atoms in total. The second-order valence-electron chi connectivity index (χ2n) is 5.05. The molecule has 1 heterocycles. The van der Waals surface area contributed by atoms with E-state index in [1.165, 1.54) is 32.3 Å². The molecule has 2 rings (SSSR count). The molecule has 0 aliphatic heterocycles. The number of aromatic hydroxyl groups is 1. The number of carbonyl (C=O) groups is 2. The van der Waals surface area contributed by atoms with Crippen LogP contribution in [0.3, 0.4) is 0 Å². The minimum absolute atomic E-state index is 0.0419. The van der Waals surface area contributed by atoms with E-state index in [1.807, 2.05) is 0 Å². The maximum absolute atomic E-state index is 11.9. The Hall–Kier alpha value is -3.07. The Bertz CT molecular complexity index is 963. The van der Waals surface area contributed by atoms with Crippen LogP contribution in [0, 0.1) is 0 Å². The molecule has 0 fully saturated rings. The number of phenolic OH excluding ortho intramolecular Hbond substituents is 1. The van der Waals surface area contributed by atoms with Crippen molar-refractivity contribution in [2.75, 3.05) is 11.9 Å². The molecule has 2 N–H and O–H groups in total.